The van der Waals surface area contributed by atoms with Crippen LogP contribution in [0.2, 0.25) is 0 Å². The topological polar surface area (TPSA) is 58.5 Å². The van der Waals surface area contributed by atoms with Crippen molar-refractivity contribution in [3.8, 4) is 5.75 Å². The van der Waals surface area contributed by atoms with Crippen LogP contribution in [0, 0.1) is 6.92 Å². The highest BCUT2D eigenvalue weighted by molar-refractivity contribution is 14.0. The summed E-state index contributed by atoms with van der Waals surface area (Å²) < 4.78 is 5.72. The Balaban J connectivity index is 0.00000312. The lowest BCUT2D eigenvalue weighted by atomic mass is 10.2. The predicted octanol–water partition coefficient (Wildman–Crippen LogP) is 3.94. The van der Waals surface area contributed by atoms with Gasteiger partial charge < -0.3 is 15.4 Å². The number of nitrogens with zero attached hydrogens (tertiary/aromatic N) is 2. The van der Waals surface area contributed by atoms with E-state index in [9.17, 15) is 0 Å². The van der Waals surface area contributed by atoms with Crippen LogP contribution in [0.5, 0.6) is 5.75 Å². The van der Waals surface area contributed by atoms with E-state index in [1.165, 1.54) is 5.56 Å². The molecule has 0 fully saturated rings. The van der Waals surface area contributed by atoms with E-state index in [4.69, 9.17) is 4.74 Å². The molecule has 1 heterocycles. The number of guanidine groups is 1. The fourth-order valence-electron chi connectivity index (χ4n) is 2.09. The highest BCUT2D eigenvalue weighted by Crippen LogP contribution is 2.17. The molecule has 0 saturated carbocycles. The summed E-state index contributed by atoms with van der Waals surface area (Å²) in [5, 5.41) is 9.71. The van der Waals surface area contributed by atoms with Gasteiger partial charge in [0.25, 0.3) is 0 Å². The van der Waals surface area contributed by atoms with Gasteiger partial charge in [0.15, 0.2) is 5.96 Å². The number of nitrogens with one attached hydrogen (secondary N) is 2. The molecule has 2 rings (SSSR count). The zero-order valence-corrected chi connectivity index (χ0v) is 18.4. The molecule has 5 nitrogen and oxygen atoms in total. The molecule has 7 heteroatoms. The Labute approximate surface area is 171 Å². The van der Waals surface area contributed by atoms with Crippen molar-refractivity contribution >= 4 is 41.3 Å². The SMILES string of the molecule is CN=C(NCCOc1cccc(C)c1)NCc1nc(C(C)C)cs1.I. The largest absolute Gasteiger partial charge is 0.492 e. The Morgan fingerprint density at radius 2 is 2.12 bits per heavy atom. The maximum Gasteiger partial charge on any atom is 0.191 e. The Bertz CT molecular complexity index is 673. The van der Waals surface area contributed by atoms with Crippen molar-refractivity contribution in [3.05, 3.63) is 45.9 Å². The third-order valence-corrected chi connectivity index (χ3v) is 4.31. The summed E-state index contributed by atoms with van der Waals surface area (Å²) in [4.78, 5) is 8.83. The number of hydrogen-bond acceptors (Lipinski definition) is 4. The molecular weight excluding hydrogens is 447 g/mol. The van der Waals surface area contributed by atoms with Gasteiger partial charge in [-0.25, -0.2) is 4.98 Å². The van der Waals surface area contributed by atoms with Crippen molar-refractivity contribution in [1.29, 1.82) is 0 Å². The van der Waals surface area contributed by atoms with E-state index in [0.29, 0.717) is 25.6 Å². The number of ether oxygens (including phenoxy) is 1. The fourth-order valence-corrected chi connectivity index (χ4v) is 2.99. The number of halogens is 1. The molecule has 2 N–H and O–H groups in total. The standard InChI is InChI=1S/C18H26N4OS.HI/c1-13(2)16-12-24-17(22-16)11-21-18(19-4)20-8-9-23-15-7-5-6-14(3)10-15;/h5-7,10,12-13H,8-9,11H2,1-4H3,(H2,19,20,21);1H. The lowest BCUT2D eigenvalue weighted by Crippen LogP contribution is -2.38. The van der Waals surface area contributed by atoms with Gasteiger partial charge in [-0.3, -0.25) is 4.99 Å². The minimum Gasteiger partial charge on any atom is -0.492 e. The first-order valence-electron chi connectivity index (χ1n) is 8.16. The van der Waals surface area contributed by atoms with Crippen LogP contribution in [0.3, 0.4) is 0 Å². The van der Waals surface area contributed by atoms with E-state index in [0.717, 1.165) is 22.4 Å². The molecule has 0 unspecified atom stereocenters. The van der Waals surface area contributed by atoms with Crippen LogP contribution in [-0.2, 0) is 6.54 Å². The summed E-state index contributed by atoms with van der Waals surface area (Å²) in [5.41, 5.74) is 2.34. The number of benzene rings is 1. The smallest absolute Gasteiger partial charge is 0.191 e. The number of thiazole rings is 1. The first kappa shape index (κ1) is 21.7. The first-order valence-corrected chi connectivity index (χ1v) is 9.04. The molecule has 0 amide bonds. The minimum absolute atomic E-state index is 0. The van der Waals surface area contributed by atoms with Gasteiger partial charge in [-0.15, -0.1) is 35.3 Å². The number of aromatic nitrogens is 1. The van der Waals surface area contributed by atoms with Crippen LogP contribution in [0.15, 0.2) is 34.6 Å². The van der Waals surface area contributed by atoms with E-state index >= 15 is 0 Å². The average molecular weight is 474 g/mol. The molecule has 0 radical (unpaired) electrons. The Morgan fingerprint density at radius 1 is 1.32 bits per heavy atom. The summed E-state index contributed by atoms with van der Waals surface area (Å²) in [6.07, 6.45) is 0. The van der Waals surface area contributed by atoms with Gasteiger partial charge in [0.1, 0.15) is 17.4 Å². The zero-order chi connectivity index (χ0) is 17.4. The minimum atomic E-state index is 0. The quantitative estimate of drug-likeness (QED) is 0.276. The number of aryl methyl sites for hydroxylation is 1. The molecule has 0 aliphatic carbocycles. The molecule has 138 valence electrons. The van der Waals surface area contributed by atoms with Crippen LogP contribution >= 0.6 is 35.3 Å². The van der Waals surface area contributed by atoms with Crippen molar-refractivity contribution < 1.29 is 4.74 Å². The highest BCUT2D eigenvalue weighted by Gasteiger charge is 2.06. The molecular formula is C18H27IN4OS. The van der Waals surface area contributed by atoms with Crippen LogP contribution in [0.25, 0.3) is 0 Å². The number of aliphatic imine (C=N–C) groups is 1. The molecule has 0 bridgehead atoms. The van der Waals surface area contributed by atoms with Gasteiger partial charge >= 0.3 is 0 Å². The molecule has 25 heavy (non-hydrogen) atoms. The summed E-state index contributed by atoms with van der Waals surface area (Å²) in [5.74, 6) is 2.11. The predicted molar refractivity (Wildman–Crippen MR) is 116 cm³/mol. The molecule has 1 aromatic carbocycles. The lowest BCUT2D eigenvalue weighted by Gasteiger charge is -2.12. The van der Waals surface area contributed by atoms with Gasteiger partial charge in [0, 0.05) is 12.4 Å². The maximum atomic E-state index is 5.72. The van der Waals surface area contributed by atoms with E-state index in [-0.39, 0.29) is 24.0 Å². The van der Waals surface area contributed by atoms with Gasteiger partial charge in [-0.05, 0) is 30.5 Å². The summed E-state index contributed by atoms with van der Waals surface area (Å²) >= 11 is 1.68. The number of hydrogen-bond donors (Lipinski definition) is 2. The van der Waals surface area contributed by atoms with E-state index in [2.05, 4.69) is 52.8 Å². The summed E-state index contributed by atoms with van der Waals surface area (Å²) in [7, 11) is 1.76. The second-order valence-corrected chi connectivity index (χ2v) is 6.78. The van der Waals surface area contributed by atoms with Gasteiger partial charge in [-0.1, -0.05) is 26.0 Å². The number of rotatable bonds is 7. The van der Waals surface area contributed by atoms with Crippen LogP contribution in [0.1, 0.15) is 36.0 Å². The molecule has 0 spiro atoms. The summed E-state index contributed by atoms with van der Waals surface area (Å²) in [6.45, 7) is 8.31. The molecule has 0 saturated heterocycles. The van der Waals surface area contributed by atoms with E-state index in [1.807, 2.05) is 18.2 Å². The zero-order valence-electron chi connectivity index (χ0n) is 15.2. The third-order valence-electron chi connectivity index (χ3n) is 3.44. The molecule has 0 aliphatic rings. The summed E-state index contributed by atoms with van der Waals surface area (Å²) in [6, 6.07) is 8.05. The van der Waals surface area contributed by atoms with Crippen molar-refractivity contribution in [2.24, 2.45) is 4.99 Å². The molecule has 1 aromatic heterocycles. The first-order chi connectivity index (χ1) is 11.6. The van der Waals surface area contributed by atoms with Crippen LogP contribution < -0.4 is 15.4 Å². The van der Waals surface area contributed by atoms with Gasteiger partial charge in [-0.2, -0.15) is 0 Å². The average Bonchev–Trinajstić information content (AvgIpc) is 3.03. The Kier molecular flexibility index (Phi) is 9.81. The Hall–Kier alpha value is -1.35. The second-order valence-electron chi connectivity index (χ2n) is 5.84. The highest BCUT2D eigenvalue weighted by atomic mass is 127. The normalized spacial score (nSPS) is 11.2. The maximum absolute atomic E-state index is 5.72. The van der Waals surface area contributed by atoms with E-state index < -0.39 is 0 Å². The third kappa shape index (κ3) is 7.60. The van der Waals surface area contributed by atoms with Crippen LogP contribution in [0.4, 0.5) is 0 Å². The lowest BCUT2D eigenvalue weighted by molar-refractivity contribution is 0.321. The van der Waals surface area contributed by atoms with Crippen molar-refractivity contribution in [3.63, 3.8) is 0 Å². The van der Waals surface area contributed by atoms with Gasteiger partial charge in [0.05, 0.1) is 18.8 Å². The Morgan fingerprint density at radius 3 is 2.76 bits per heavy atom. The molecule has 0 atom stereocenters. The van der Waals surface area contributed by atoms with Crippen molar-refractivity contribution in [2.45, 2.75) is 33.2 Å². The van der Waals surface area contributed by atoms with Crippen molar-refractivity contribution in [2.75, 3.05) is 20.2 Å². The van der Waals surface area contributed by atoms with Gasteiger partial charge in [0.2, 0.25) is 0 Å². The van der Waals surface area contributed by atoms with E-state index in [1.54, 1.807) is 18.4 Å². The molecule has 0 aliphatic heterocycles. The molecule has 2 aromatic rings. The second kappa shape index (κ2) is 11.3. The fraction of sp³-hybridized carbons (Fsp3) is 0.444. The monoisotopic (exact) mass is 474 g/mol. The van der Waals surface area contributed by atoms with Crippen molar-refractivity contribution in [1.82, 2.24) is 15.6 Å². The van der Waals surface area contributed by atoms with Crippen LogP contribution in [-0.4, -0.2) is 31.1 Å².